The fraction of sp³-hybridized carbons (Fsp3) is 0.762. The van der Waals surface area contributed by atoms with E-state index in [1.165, 1.54) is 37.0 Å². The smallest absolute Gasteiger partial charge is 0.233 e. The monoisotopic (exact) mass is 374 g/mol. The quantitative estimate of drug-likeness (QED) is 0.191. The van der Waals surface area contributed by atoms with Crippen LogP contribution in [0.25, 0.3) is 0 Å². The molecule has 0 radical (unpaired) electrons. The molecule has 0 aromatic heterocycles. The zero-order valence-corrected chi connectivity index (χ0v) is 16.5. The summed E-state index contributed by atoms with van der Waals surface area (Å²) in [5.41, 5.74) is 5.89. The van der Waals surface area contributed by atoms with Crippen molar-refractivity contribution in [2.45, 2.75) is 58.3 Å². The number of amides is 2. The number of likely N-dealkylation sites (tertiary alicyclic amines) is 1. The van der Waals surface area contributed by atoms with Gasteiger partial charge in [-0.05, 0) is 31.1 Å². The molecule has 27 heavy (non-hydrogen) atoms. The van der Waals surface area contributed by atoms with Gasteiger partial charge in [-0.3, -0.25) is 19.5 Å². The number of allylic oxidation sites excluding steroid dienone is 2. The second-order valence-corrected chi connectivity index (χ2v) is 8.14. The molecule has 0 spiro atoms. The first kappa shape index (κ1) is 19.9. The molecule has 3 N–H and O–H groups in total. The number of nitrogens with one attached hydrogen (secondary N) is 1. The molecule has 4 atom stereocenters. The van der Waals surface area contributed by atoms with Gasteiger partial charge in [0.1, 0.15) is 0 Å². The maximum Gasteiger partial charge on any atom is 0.233 e. The van der Waals surface area contributed by atoms with Crippen molar-refractivity contribution < 1.29 is 9.59 Å². The van der Waals surface area contributed by atoms with Crippen LogP contribution in [0.1, 0.15) is 58.3 Å². The van der Waals surface area contributed by atoms with Crippen molar-refractivity contribution in [2.75, 3.05) is 19.6 Å². The molecule has 4 unspecified atom stereocenters. The number of carbonyl (C=O) groups excluding carboxylic acids is 2. The Morgan fingerprint density at radius 2 is 1.70 bits per heavy atom. The van der Waals surface area contributed by atoms with E-state index in [0.717, 1.165) is 19.4 Å². The first-order valence-electron chi connectivity index (χ1n) is 10.7. The normalized spacial score (nSPS) is 29.1. The van der Waals surface area contributed by atoms with Gasteiger partial charge in [-0.2, -0.15) is 0 Å². The summed E-state index contributed by atoms with van der Waals surface area (Å²) in [6.45, 7) is 4.07. The number of hydrogen-bond donors (Lipinski definition) is 2. The molecule has 2 aliphatic carbocycles. The van der Waals surface area contributed by atoms with Crippen molar-refractivity contribution in [3.8, 4) is 0 Å². The third-order valence-corrected chi connectivity index (χ3v) is 6.22. The van der Waals surface area contributed by atoms with Gasteiger partial charge in [0.25, 0.3) is 0 Å². The summed E-state index contributed by atoms with van der Waals surface area (Å²) in [6, 6.07) is 0. The maximum atomic E-state index is 12.6. The lowest BCUT2D eigenvalue weighted by Gasteiger charge is -2.16. The summed E-state index contributed by atoms with van der Waals surface area (Å²) in [5.74, 6) is 0.879. The summed E-state index contributed by atoms with van der Waals surface area (Å²) in [7, 11) is 0. The number of imide groups is 1. The first-order chi connectivity index (χ1) is 13.1. The summed E-state index contributed by atoms with van der Waals surface area (Å²) in [6.07, 6.45) is 13.4. The van der Waals surface area contributed by atoms with Crippen molar-refractivity contribution >= 4 is 17.8 Å². The highest BCUT2D eigenvalue weighted by molar-refractivity contribution is 6.06. The molecule has 1 saturated heterocycles. The Morgan fingerprint density at radius 1 is 1.07 bits per heavy atom. The van der Waals surface area contributed by atoms with Gasteiger partial charge in [0, 0.05) is 19.6 Å². The van der Waals surface area contributed by atoms with Gasteiger partial charge >= 0.3 is 0 Å². The van der Waals surface area contributed by atoms with Crippen LogP contribution >= 0.6 is 0 Å². The molecule has 3 rings (SSSR count). The zero-order valence-electron chi connectivity index (χ0n) is 16.5. The van der Waals surface area contributed by atoms with Crippen molar-refractivity contribution in [3.63, 3.8) is 0 Å². The fourth-order valence-electron chi connectivity index (χ4n) is 4.79. The number of carbonyl (C=O) groups is 2. The molecule has 6 heteroatoms. The third-order valence-electron chi connectivity index (χ3n) is 6.22. The average Bonchev–Trinajstić information content (AvgIpc) is 3.33. The maximum absolute atomic E-state index is 12.6. The Labute approximate surface area is 162 Å². The van der Waals surface area contributed by atoms with E-state index in [9.17, 15) is 9.59 Å². The van der Waals surface area contributed by atoms with Gasteiger partial charge in [0.2, 0.25) is 11.8 Å². The highest BCUT2D eigenvalue weighted by Gasteiger charge is 2.58. The SMILES string of the molecule is CCCCCCCCNC(N)=NCCCN1C(=O)C2C3C=CC(C3)C2C1=O. The Bertz CT molecular complexity index is 571. The molecule has 3 aliphatic rings. The van der Waals surface area contributed by atoms with Gasteiger partial charge < -0.3 is 11.1 Å². The lowest BCUT2D eigenvalue weighted by Crippen LogP contribution is -2.35. The van der Waals surface area contributed by atoms with E-state index < -0.39 is 0 Å². The zero-order chi connectivity index (χ0) is 19.2. The molecule has 2 amide bonds. The molecule has 1 saturated carbocycles. The molecular weight excluding hydrogens is 340 g/mol. The van der Waals surface area contributed by atoms with Gasteiger partial charge in [-0.15, -0.1) is 0 Å². The molecule has 1 heterocycles. The van der Waals surface area contributed by atoms with Crippen LogP contribution in [0, 0.1) is 23.7 Å². The predicted molar refractivity (Wildman–Crippen MR) is 107 cm³/mol. The van der Waals surface area contributed by atoms with E-state index in [1.807, 2.05) is 0 Å². The second-order valence-electron chi connectivity index (χ2n) is 8.14. The second kappa shape index (κ2) is 9.38. The largest absolute Gasteiger partial charge is 0.370 e. The standard InChI is InChI=1S/C21H34N4O2/c1-2-3-4-5-6-7-11-23-21(22)24-12-8-13-25-19(26)17-15-9-10-16(14-15)18(17)20(25)27/h9-10,15-18H,2-8,11-14H2,1H3,(H3,22,23,24). The Hall–Kier alpha value is -1.85. The van der Waals surface area contributed by atoms with Gasteiger partial charge in [0.15, 0.2) is 5.96 Å². The number of fused-ring (bicyclic) bond motifs is 5. The lowest BCUT2D eigenvalue weighted by atomic mass is 9.85. The molecular formula is C21H34N4O2. The summed E-state index contributed by atoms with van der Waals surface area (Å²) >= 11 is 0. The van der Waals surface area contributed by atoms with Gasteiger partial charge in [0.05, 0.1) is 11.8 Å². The molecule has 150 valence electrons. The minimum Gasteiger partial charge on any atom is -0.370 e. The third kappa shape index (κ3) is 4.53. The number of nitrogens with two attached hydrogens (primary N) is 1. The summed E-state index contributed by atoms with van der Waals surface area (Å²) in [5, 5.41) is 3.14. The number of guanidine groups is 1. The Kier molecular flexibility index (Phi) is 6.91. The minimum absolute atomic E-state index is 0.0278. The fourth-order valence-corrected chi connectivity index (χ4v) is 4.79. The van der Waals surface area contributed by atoms with Crippen LogP contribution < -0.4 is 11.1 Å². The van der Waals surface area contributed by atoms with Crippen molar-refractivity contribution in [1.29, 1.82) is 0 Å². The van der Waals surface area contributed by atoms with Crippen LogP contribution in [-0.2, 0) is 9.59 Å². The van der Waals surface area contributed by atoms with E-state index in [-0.39, 0.29) is 35.5 Å². The van der Waals surface area contributed by atoms with Gasteiger partial charge in [-0.1, -0.05) is 51.2 Å². The van der Waals surface area contributed by atoms with E-state index in [1.54, 1.807) is 0 Å². The number of rotatable bonds is 11. The highest BCUT2D eigenvalue weighted by atomic mass is 16.2. The van der Waals surface area contributed by atoms with E-state index in [2.05, 4.69) is 29.4 Å². The van der Waals surface area contributed by atoms with Crippen LogP contribution in [-0.4, -0.2) is 42.3 Å². The molecule has 6 nitrogen and oxygen atoms in total. The molecule has 0 aromatic carbocycles. The molecule has 2 bridgehead atoms. The van der Waals surface area contributed by atoms with E-state index >= 15 is 0 Å². The Balaban J connectivity index is 1.30. The van der Waals surface area contributed by atoms with E-state index in [0.29, 0.717) is 25.5 Å². The highest BCUT2D eigenvalue weighted by Crippen LogP contribution is 2.52. The van der Waals surface area contributed by atoms with Crippen molar-refractivity contribution in [1.82, 2.24) is 10.2 Å². The van der Waals surface area contributed by atoms with Crippen LogP contribution in [0.2, 0.25) is 0 Å². The van der Waals surface area contributed by atoms with Crippen LogP contribution in [0.5, 0.6) is 0 Å². The molecule has 2 fully saturated rings. The van der Waals surface area contributed by atoms with Crippen molar-refractivity contribution in [2.24, 2.45) is 34.4 Å². The summed E-state index contributed by atoms with van der Waals surface area (Å²) in [4.78, 5) is 31.0. The van der Waals surface area contributed by atoms with Crippen LogP contribution in [0.4, 0.5) is 0 Å². The average molecular weight is 375 g/mol. The summed E-state index contributed by atoms with van der Waals surface area (Å²) < 4.78 is 0. The van der Waals surface area contributed by atoms with Gasteiger partial charge in [-0.25, -0.2) is 0 Å². The Morgan fingerprint density at radius 3 is 2.37 bits per heavy atom. The minimum atomic E-state index is -0.0972. The van der Waals surface area contributed by atoms with Crippen LogP contribution in [0.15, 0.2) is 17.1 Å². The number of aliphatic imine (C=N–C) groups is 1. The molecule has 0 aromatic rings. The first-order valence-corrected chi connectivity index (χ1v) is 10.7. The number of hydrogen-bond acceptors (Lipinski definition) is 3. The lowest BCUT2D eigenvalue weighted by molar-refractivity contribution is -0.140. The topological polar surface area (TPSA) is 87.8 Å². The predicted octanol–water partition coefficient (Wildman–Crippen LogP) is 2.45. The number of nitrogens with zero attached hydrogens (tertiary/aromatic N) is 2. The van der Waals surface area contributed by atoms with E-state index in [4.69, 9.17) is 5.73 Å². The van der Waals surface area contributed by atoms with Crippen molar-refractivity contribution in [3.05, 3.63) is 12.2 Å². The van der Waals surface area contributed by atoms with Crippen LogP contribution in [0.3, 0.4) is 0 Å². The number of unbranched alkanes of at least 4 members (excludes halogenated alkanes) is 5. The molecule has 1 aliphatic heterocycles.